The second-order valence-electron chi connectivity index (χ2n) is 11.0. The van der Waals surface area contributed by atoms with Gasteiger partial charge in [-0.2, -0.15) is 4.57 Å². The maximum atomic E-state index is 9.38. The van der Waals surface area contributed by atoms with Crippen LogP contribution in [-0.4, -0.2) is 74.9 Å². The molecule has 1 aromatic heterocycles. The number of nitrogens with zero attached hydrogens (tertiary/aromatic N) is 3. The van der Waals surface area contributed by atoms with Crippen LogP contribution in [0.25, 0.3) is 17.7 Å². The van der Waals surface area contributed by atoms with Gasteiger partial charge in [0.2, 0.25) is 5.69 Å². The topological polar surface area (TPSA) is 64.8 Å². The third kappa shape index (κ3) is 13.4. The maximum absolute atomic E-state index is 9.38. The number of aromatic nitrogens is 1. The first-order valence-electron chi connectivity index (χ1n) is 15.7. The summed E-state index contributed by atoms with van der Waals surface area (Å²) in [6, 6.07) is 23.6. The molecular weight excluding hydrogens is 609 g/mol. The zero-order chi connectivity index (χ0) is 33.0. The van der Waals surface area contributed by atoms with Crippen LogP contribution in [0, 0.1) is 0 Å². The van der Waals surface area contributed by atoms with E-state index in [9.17, 15) is 5.11 Å². The molecule has 2 aromatic carbocycles. The number of nitrogens with one attached hydrogen (secondary N) is 1. The van der Waals surface area contributed by atoms with Gasteiger partial charge in [-0.1, -0.05) is 75.7 Å². The van der Waals surface area contributed by atoms with Crippen molar-refractivity contribution in [3.8, 4) is 0 Å². The molecule has 0 fully saturated rings. The van der Waals surface area contributed by atoms with Crippen molar-refractivity contribution in [1.29, 1.82) is 0 Å². The highest BCUT2D eigenvalue weighted by Crippen LogP contribution is 2.24. The molecule has 244 valence electrons. The van der Waals surface area contributed by atoms with Gasteiger partial charge >= 0.3 is 0 Å². The van der Waals surface area contributed by atoms with Gasteiger partial charge < -0.3 is 20.0 Å². The second-order valence-corrected chi connectivity index (χ2v) is 13.7. The first kappa shape index (κ1) is 36.9. The third-order valence-electron chi connectivity index (χ3n) is 7.29. The van der Waals surface area contributed by atoms with E-state index in [2.05, 4.69) is 120 Å². The van der Waals surface area contributed by atoms with Crippen LogP contribution in [0.15, 0.2) is 103 Å². The summed E-state index contributed by atoms with van der Waals surface area (Å²) in [5.41, 5.74) is 8.28. The van der Waals surface area contributed by atoms with Crippen molar-refractivity contribution < 1.29 is 19.8 Å². The van der Waals surface area contributed by atoms with Crippen LogP contribution < -0.4 is 19.4 Å². The predicted molar refractivity (Wildman–Crippen MR) is 203 cm³/mol. The molecule has 0 aliphatic carbocycles. The van der Waals surface area contributed by atoms with E-state index in [0.29, 0.717) is 13.1 Å². The number of aliphatic hydroxyl groups excluding tert-OH is 2. The number of benzene rings is 2. The van der Waals surface area contributed by atoms with Gasteiger partial charge in [0.05, 0.1) is 0 Å². The molecule has 6 nitrogen and oxygen atoms in total. The minimum atomic E-state index is 0.126. The van der Waals surface area contributed by atoms with Gasteiger partial charge in [0, 0.05) is 73.8 Å². The van der Waals surface area contributed by atoms with Crippen LogP contribution in [0.3, 0.4) is 0 Å². The van der Waals surface area contributed by atoms with Crippen molar-refractivity contribution in [2.24, 2.45) is 0 Å². The highest BCUT2D eigenvalue weighted by atomic mass is 33.1. The minimum absolute atomic E-state index is 0.126. The van der Waals surface area contributed by atoms with Crippen LogP contribution >= 0.6 is 21.6 Å². The van der Waals surface area contributed by atoms with Gasteiger partial charge in [-0.05, 0) is 61.4 Å². The molecule has 0 saturated carbocycles. The Morgan fingerprint density at radius 3 is 1.96 bits per heavy atom. The van der Waals surface area contributed by atoms with E-state index < -0.39 is 0 Å². The van der Waals surface area contributed by atoms with Crippen molar-refractivity contribution in [3.63, 3.8) is 0 Å². The zero-order valence-corrected chi connectivity index (χ0v) is 29.3. The van der Waals surface area contributed by atoms with Gasteiger partial charge in [0.15, 0.2) is 25.5 Å². The van der Waals surface area contributed by atoms with Crippen LogP contribution in [0.2, 0.25) is 0 Å². The first-order valence-corrected chi connectivity index (χ1v) is 18.2. The summed E-state index contributed by atoms with van der Waals surface area (Å²) in [5, 5.41) is 18.1. The van der Waals surface area contributed by atoms with Gasteiger partial charge in [0.25, 0.3) is 0 Å². The Balaban J connectivity index is 1.36. The summed E-state index contributed by atoms with van der Waals surface area (Å²) < 4.78 is 2.08. The molecule has 46 heavy (non-hydrogen) atoms. The number of hydrogen-bond donors (Lipinski definition) is 3. The maximum Gasteiger partial charge on any atom is 0.208 e. The van der Waals surface area contributed by atoms with Crippen LogP contribution in [0.4, 0.5) is 11.4 Å². The van der Waals surface area contributed by atoms with E-state index in [1.54, 1.807) is 0 Å². The number of allylic oxidation sites excluding steroid dienone is 6. The summed E-state index contributed by atoms with van der Waals surface area (Å²) in [5.74, 6) is 2.13. The Bertz CT molecular complexity index is 1460. The lowest BCUT2D eigenvalue weighted by molar-refractivity contribution is -0.700. The van der Waals surface area contributed by atoms with Gasteiger partial charge in [0.1, 0.15) is 13.2 Å². The molecule has 0 bridgehead atoms. The number of rotatable bonds is 19. The molecule has 0 spiro atoms. The smallest absolute Gasteiger partial charge is 0.208 e. The SMILES string of the molecule is CC(/C=C/C=C\C=[NH+]CCO)=C\c1ccc(N(C)CCSSCCN(C)c2ccc(/C=C(\C)c3cccc[n+]3CCO)cc2)cc1. The highest BCUT2D eigenvalue weighted by molar-refractivity contribution is 8.76. The van der Waals surface area contributed by atoms with E-state index in [1.807, 2.05) is 64.4 Å². The Morgan fingerprint density at radius 1 is 0.761 bits per heavy atom. The van der Waals surface area contributed by atoms with E-state index in [1.165, 1.54) is 33.6 Å². The molecule has 3 aromatic rings. The summed E-state index contributed by atoms with van der Waals surface area (Å²) in [6.45, 7) is 7.62. The standard InChI is InChI=1S/C38H49N4O2S2/c1-32(10-6-5-8-20-39-21-26-43)30-34-12-16-36(17-13-34)40(3)24-28-45-46-29-25-41(4)37-18-14-35(15-19-37)31-33(2)38-11-7-9-22-42(38)23-27-44/h5-20,22,30-31,43-44H,21,23-29H2,1-4H3/q+1/p+1/b8-5-,10-6+,32-30+,39-20?. The third-order valence-corrected chi connectivity index (χ3v) is 9.65. The lowest BCUT2D eigenvalue weighted by Gasteiger charge is -2.20. The van der Waals surface area contributed by atoms with E-state index >= 15 is 0 Å². The van der Waals surface area contributed by atoms with Gasteiger partial charge in [-0.25, -0.2) is 4.99 Å². The zero-order valence-electron chi connectivity index (χ0n) is 27.7. The van der Waals surface area contributed by atoms with Crippen molar-refractivity contribution in [1.82, 2.24) is 0 Å². The second kappa shape index (κ2) is 21.3. The Kier molecular flexibility index (Phi) is 17.1. The molecule has 0 atom stereocenters. The quantitative estimate of drug-likeness (QED) is 0.0546. The molecule has 3 rings (SSSR count). The van der Waals surface area contributed by atoms with E-state index in [-0.39, 0.29) is 13.2 Å². The fourth-order valence-corrected chi connectivity index (χ4v) is 6.78. The Labute approximate surface area is 284 Å². The largest absolute Gasteiger partial charge is 0.390 e. The molecule has 0 saturated heterocycles. The van der Waals surface area contributed by atoms with Gasteiger partial charge in [-0.3, -0.25) is 0 Å². The van der Waals surface area contributed by atoms with Crippen molar-refractivity contribution >= 4 is 56.9 Å². The molecule has 0 aliphatic heterocycles. The molecule has 8 heteroatoms. The van der Waals surface area contributed by atoms with Crippen molar-refractivity contribution in [2.75, 3.05) is 68.2 Å². The van der Waals surface area contributed by atoms with Crippen LogP contribution in [-0.2, 0) is 6.54 Å². The monoisotopic (exact) mass is 658 g/mol. The highest BCUT2D eigenvalue weighted by Gasteiger charge is 2.11. The molecule has 0 unspecified atom stereocenters. The molecule has 0 amide bonds. The molecule has 0 radical (unpaired) electrons. The average Bonchev–Trinajstić information content (AvgIpc) is 3.06. The van der Waals surface area contributed by atoms with Crippen LogP contribution in [0.5, 0.6) is 0 Å². The van der Waals surface area contributed by atoms with Crippen molar-refractivity contribution in [3.05, 3.63) is 120 Å². The molecular formula is C38H50N4O2S2+2. The molecule has 0 aliphatic rings. The number of anilines is 2. The fourth-order valence-electron chi connectivity index (χ4n) is 4.69. The summed E-state index contributed by atoms with van der Waals surface area (Å²) in [6.07, 6.45) is 16.2. The first-order chi connectivity index (χ1) is 22.4. The lowest BCUT2D eigenvalue weighted by atomic mass is 10.1. The summed E-state index contributed by atoms with van der Waals surface area (Å²) in [7, 11) is 8.18. The Morgan fingerprint density at radius 2 is 1.37 bits per heavy atom. The summed E-state index contributed by atoms with van der Waals surface area (Å²) in [4.78, 5) is 7.62. The number of aliphatic hydroxyl groups is 2. The number of hydrogen-bond acceptors (Lipinski definition) is 6. The van der Waals surface area contributed by atoms with Gasteiger partial charge in [-0.15, -0.1) is 0 Å². The predicted octanol–water partition coefficient (Wildman–Crippen LogP) is 5.14. The average molecular weight is 659 g/mol. The number of pyridine rings is 1. The molecule has 3 N–H and O–H groups in total. The lowest BCUT2D eigenvalue weighted by Crippen LogP contribution is -2.69. The minimum Gasteiger partial charge on any atom is -0.390 e. The molecule has 1 heterocycles. The Hall–Kier alpha value is -3.56. The van der Waals surface area contributed by atoms with E-state index in [0.717, 1.165) is 30.3 Å². The van der Waals surface area contributed by atoms with Crippen molar-refractivity contribution in [2.45, 2.75) is 20.4 Å². The normalized spacial score (nSPS) is 12.6. The van der Waals surface area contributed by atoms with E-state index in [4.69, 9.17) is 5.11 Å². The fraction of sp³-hybridized carbons (Fsp3) is 0.316. The summed E-state index contributed by atoms with van der Waals surface area (Å²) >= 11 is 0. The van der Waals surface area contributed by atoms with Crippen LogP contribution in [0.1, 0.15) is 30.7 Å².